The number of pyridine rings is 1. The van der Waals surface area contributed by atoms with Gasteiger partial charge in [-0.3, -0.25) is 4.79 Å². The van der Waals surface area contributed by atoms with Crippen molar-refractivity contribution in [2.75, 3.05) is 5.75 Å². The van der Waals surface area contributed by atoms with E-state index in [0.717, 1.165) is 12.8 Å². The number of aromatic carboxylic acids is 1. The van der Waals surface area contributed by atoms with E-state index in [1.807, 2.05) is 0 Å². The Morgan fingerprint density at radius 1 is 1.41 bits per heavy atom. The van der Waals surface area contributed by atoms with Gasteiger partial charge < -0.3 is 10.4 Å². The molecule has 0 aromatic carbocycles. The van der Waals surface area contributed by atoms with Crippen molar-refractivity contribution in [2.45, 2.75) is 44.2 Å². The highest BCUT2D eigenvalue weighted by Gasteiger charge is 2.28. The average Bonchev–Trinajstić information content (AvgIpc) is 2.50. The second-order valence-electron chi connectivity index (χ2n) is 5.89. The molecule has 1 heterocycles. The van der Waals surface area contributed by atoms with Crippen LogP contribution in [0.5, 0.6) is 0 Å². The predicted molar refractivity (Wildman–Crippen MR) is 86.0 cm³/mol. The molecule has 0 aliphatic heterocycles. The molecule has 0 radical (unpaired) electrons. The SMILES string of the molecule is C[C@H]1[C@H](C)CCC[C@@H]1NC(=O)CSc1ncccc1C(=O)O. The smallest absolute Gasteiger partial charge is 0.338 e. The molecule has 1 saturated carbocycles. The lowest BCUT2D eigenvalue weighted by Gasteiger charge is -2.34. The van der Waals surface area contributed by atoms with E-state index in [0.29, 0.717) is 16.9 Å². The van der Waals surface area contributed by atoms with E-state index in [9.17, 15) is 9.59 Å². The molecule has 2 rings (SSSR count). The van der Waals surface area contributed by atoms with Crippen LogP contribution in [0.25, 0.3) is 0 Å². The number of carbonyl (C=O) groups excluding carboxylic acids is 1. The molecule has 1 aliphatic carbocycles. The van der Waals surface area contributed by atoms with Gasteiger partial charge in [-0.05, 0) is 30.4 Å². The number of hydrogen-bond donors (Lipinski definition) is 2. The fraction of sp³-hybridized carbons (Fsp3) is 0.562. The van der Waals surface area contributed by atoms with Crippen molar-refractivity contribution in [1.82, 2.24) is 10.3 Å². The molecule has 1 amide bonds. The number of carbonyl (C=O) groups is 2. The van der Waals surface area contributed by atoms with Gasteiger partial charge in [0.25, 0.3) is 0 Å². The quantitative estimate of drug-likeness (QED) is 0.815. The van der Waals surface area contributed by atoms with Gasteiger partial charge in [0.2, 0.25) is 5.91 Å². The maximum Gasteiger partial charge on any atom is 0.338 e. The molecule has 0 bridgehead atoms. The highest BCUT2D eigenvalue weighted by molar-refractivity contribution is 8.00. The van der Waals surface area contributed by atoms with Crippen molar-refractivity contribution in [3.63, 3.8) is 0 Å². The molecule has 0 saturated heterocycles. The minimum Gasteiger partial charge on any atom is -0.478 e. The summed E-state index contributed by atoms with van der Waals surface area (Å²) in [7, 11) is 0. The van der Waals surface area contributed by atoms with Crippen LogP contribution in [-0.2, 0) is 4.79 Å². The molecule has 6 heteroatoms. The van der Waals surface area contributed by atoms with Gasteiger partial charge in [0.15, 0.2) is 0 Å². The third kappa shape index (κ3) is 4.22. The number of carboxylic acid groups (broad SMARTS) is 1. The maximum absolute atomic E-state index is 12.1. The van der Waals surface area contributed by atoms with E-state index in [-0.39, 0.29) is 23.3 Å². The number of thioether (sulfide) groups is 1. The van der Waals surface area contributed by atoms with Crippen molar-refractivity contribution >= 4 is 23.6 Å². The summed E-state index contributed by atoms with van der Waals surface area (Å²) in [5, 5.41) is 12.6. The van der Waals surface area contributed by atoms with Crippen LogP contribution in [0.1, 0.15) is 43.5 Å². The van der Waals surface area contributed by atoms with Crippen molar-refractivity contribution in [3.8, 4) is 0 Å². The largest absolute Gasteiger partial charge is 0.478 e. The first-order valence-electron chi connectivity index (χ1n) is 7.59. The van der Waals surface area contributed by atoms with Crippen molar-refractivity contribution in [2.24, 2.45) is 11.8 Å². The first kappa shape index (κ1) is 16.8. The Labute approximate surface area is 134 Å². The van der Waals surface area contributed by atoms with Gasteiger partial charge in [-0.2, -0.15) is 0 Å². The molecule has 1 aliphatic rings. The number of carboxylic acids is 1. The van der Waals surface area contributed by atoms with Gasteiger partial charge in [0, 0.05) is 12.2 Å². The van der Waals surface area contributed by atoms with Gasteiger partial charge >= 0.3 is 5.97 Å². The summed E-state index contributed by atoms with van der Waals surface area (Å²) in [6.45, 7) is 4.41. The van der Waals surface area contributed by atoms with Gasteiger partial charge in [-0.15, -0.1) is 0 Å². The van der Waals surface area contributed by atoms with E-state index in [1.165, 1.54) is 30.4 Å². The predicted octanol–water partition coefficient (Wildman–Crippen LogP) is 2.81. The molecule has 22 heavy (non-hydrogen) atoms. The monoisotopic (exact) mass is 322 g/mol. The Kier molecular flexibility index (Phi) is 5.83. The second kappa shape index (κ2) is 7.63. The lowest BCUT2D eigenvalue weighted by molar-refractivity contribution is -0.120. The van der Waals surface area contributed by atoms with Crippen LogP contribution in [0, 0.1) is 11.8 Å². The van der Waals surface area contributed by atoms with Crippen LogP contribution in [0.15, 0.2) is 23.4 Å². The van der Waals surface area contributed by atoms with Crippen LogP contribution in [0.2, 0.25) is 0 Å². The van der Waals surface area contributed by atoms with Crippen molar-refractivity contribution in [1.29, 1.82) is 0 Å². The normalized spacial score (nSPS) is 24.7. The fourth-order valence-corrected chi connectivity index (χ4v) is 3.63. The van der Waals surface area contributed by atoms with Crippen LogP contribution in [0.3, 0.4) is 0 Å². The Morgan fingerprint density at radius 2 is 2.18 bits per heavy atom. The van der Waals surface area contributed by atoms with Crippen molar-refractivity contribution < 1.29 is 14.7 Å². The first-order valence-corrected chi connectivity index (χ1v) is 8.58. The zero-order chi connectivity index (χ0) is 16.1. The summed E-state index contributed by atoms with van der Waals surface area (Å²) in [4.78, 5) is 27.3. The molecule has 1 aromatic heterocycles. The van der Waals surface area contributed by atoms with E-state index in [4.69, 9.17) is 5.11 Å². The van der Waals surface area contributed by atoms with Crippen LogP contribution >= 0.6 is 11.8 Å². The van der Waals surface area contributed by atoms with Crippen LogP contribution in [-0.4, -0.2) is 33.8 Å². The standard InChI is InChI=1S/C16H22N2O3S/c1-10-5-3-7-13(11(10)2)18-14(19)9-22-15-12(16(20)21)6-4-8-17-15/h4,6,8,10-11,13H,3,5,7,9H2,1-2H3,(H,18,19)(H,20,21)/t10-,11+,13+/m1/s1. The Morgan fingerprint density at radius 3 is 2.91 bits per heavy atom. The summed E-state index contributed by atoms with van der Waals surface area (Å²) in [6.07, 6.45) is 4.93. The van der Waals surface area contributed by atoms with E-state index in [1.54, 1.807) is 6.07 Å². The summed E-state index contributed by atoms with van der Waals surface area (Å²) >= 11 is 1.17. The molecule has 120 valence electrons. The Hall–Kier alpha value is -1.56. The molecule has 5 nitrogen and oxygen atoms in total. The zero-order valence-corrected chi connectivity index (χ0v) is 13.7. The van der Waals surface area contributed by atoms with Crippen LogP contribution < -0.4 is 5.32 Å². The lowest BCUT2D eigenvalue weighted by atomic mass is 9.78. The highest BCUT2D eigenvalue weighted by atomic mass is 32.2. The molecule has 0 spiro atoms. The molecule has 3 atom stereocenters. The number of amides is 1. The topological polar surface area (TPSA) is 79.3 Å². The number of nitrogens with one attached hydrogen (secondary N) is 1. The molecule has 0 unspecified atom stereocenters. The zero-order valence-electron chi connectivity index (χ0n) is 12.9. The van der Waals surface area contributed by atoms with Gasteiger partial charge in [0.05, 0.1) is 11.3 Å². The third-order valence-electron chi connectivity index (χ3n) is 4.39. The molecule has 1 aromatic rings. The number of aromatic nitrogens is 1. The number of rotatable bonds is 5. The molecular weight excluding hydrogens is 300 g/mol. The minimum absolute atomic E-state index is 0.0575. The minimum atomic E-state index is -1.02. The number of nitrogens with zero attached hydrogens (tertiary/aromatic N) is 1. The van der Waals surface area contributed by atoms with E-state index >= 15 is 0 Å². The average molecular weight is 322 g/mol. The number of hydrogen-bond acceptors (Lipinski definition) is 4. The summed E-state index contributed by atoms with van der Waals surface area (Å²) < 4.78 is 0. The summed E-state index contributed by atoms with van der Waals surface area (Å²) in [5.74, 6) is 0.214. The van der Waals surface area contributed by atoms with Gasteiger partial charge in [-0.1, -0.05) is 38.5 Å². The first-order chi connectivity index (χ1) is 10.5. The van der Waals surface area contributed by atoms with Crippen LogP contribution in [0.4, 0.5) is 0 Å². The van der Waals surface area contributed by atoms with Crippen molar-refractivity contribution in [3.05, 3.63) is 23.9 Å². The highest BCUT2D eigenvalue weighted by Crippen LogP contribution is 2.29. The Bertz CT molecular complexity index is 550. The summed E-state index contributed by atoms with van der Waals surface area (Å²) in [6, 6.07) is 3.30. The second-order valence-corrected chi connectivity index (χ2v) is 6.86. The molecule has 2 N–H and O–H groups in total. The third-order valence-corrected chi connectivity index (χ3v) is 5.40. The van der Waals surface area contributed by atoms with E-state index in [2.05, 4.69) is 24.1 Å². The maximum atomic E-state index is 12.1. The molecule has 1 fully saturated rings. The van der Waals surface area contributed by atoms with Gasteiger partial charge in [0.1, 0.15) is 5.03 Å². The Balaban J connectivity index is 1.89. The summed E-state index contributed by atoms with van der Waals surface area (Å²) in [5.41, 5.74) is 0.139. The lowest BCUT2D eigenvalue weighted by Crippen LogP contribution is -2.44. The fourth-order valence-electron chi connectivity index (χ4n) is 2.84. The van der Waals surface area contributed by atoms with Gasteiger partial charge in [-0.25, -0.2) is 9.78 Å². The van der Waals surface area contributed by atoms with E-state index < -0.39 is 5.97 Å². The molecular formula is C16H22N2O3S.